The highest BCUT2D eigenvalue weighted by Crippen LogP contribution is 2.31. The predicted molar refractivity (Wildman–Crippen MR) is 69.6 cm³/mol. The Labute approximate surface area is 111 Å². The molecule has 1 atom stereocenters. The number of pyridine rings is 1. The first kappa shape index (κ1) is 12.1. The van der Waals surface area contributed by atoms with Crippen molar-refractivity contribution >= 4 is 0 Å². The van der Waals surface area contributed by atoms with Crippen molar-refractivity contribution < 1.29 is 4.74 Å². The molecule has 3 rings (SSSR count). The van der Waals surface area contributed by atoms with E-state index in [0.717, 1.165) is 25.3 Å². The van der Waals surface area contributed by atoms with Gasteiger partial charge < -0.3 is 4.74 Å². The highest BCUT2D eigenvalue weighted by atomic mass is 16.5. The molecule has 0 spiro atoms. The molecular formula is C13H17N5O. The average molecular weight is 259 g/mol. The minimum absolute atomic E-state index is 0.335. The maximum atomic E-state index is 5.16. The van der Waals surface area contributed by atoms with Crippen LogP contribution in [-0.2, 0) is 6.54 Å². The summed E-state index contributed by atoms with van der Waals surface area (Å²) in [5.74, 6) is 1.62. The number of aromatic nitrogens is 4. The summed E-state index contributed by atoms with van der Waals surface area (Å²) >= 11 is 0. The molecule has 1 N–H and O–H groups in total. The first-order valence-electron chi connectivity index (χ1n) is 6.45. The Morgan fingerprint density at radius 3 is 3.21 bits per heavy atom. The fourth-order valence-electron chi connectivity index (χ4n) is 2.60. The quantitative estimate of drug-likeness (QED) is 0.902. The molecular weight excluding hydrogens is 242 g/mol. The highest BCUT2D eigenvalue weighted by Gasteiger charge is 2.28. The molecule has 2 aromatic rings. The Morgan fingerprint density at radius 2 is 2.42 bits per heavy atom. The van der Waals surface area contributed by atoms with Gasteiger partial charge in [0.2, 0.25) is 5.88 Å². The van der Waals surface area contributed by atoms with Gasteiger partial charge in [0, 0.05) is 18.8 Å². The average Bonchev–Trinajstić information content (AvgIpc) is 3.09. The predicted octanol–water partition coefficient (Wildman–Crippen LogP) is 1.55. The second kappa shape index (κ2) is 5.36. The summed E-state index contributed by atoms with van der Waals surface area (Å²) in [5.41, 5.74) is 1.21. The van der Waals surface area contributed by atoms with Crippen LogP contribution >= 0.6 is 0 Å². The van der Waals surface area contributed by atoms with E-state index in [9.17, 15) is 0 Å². The maximum Gasteiger partial charge on any atom is 0.213 e. The molecule has 19 heavy (non-hydrogen) atoms. The molecule has 0 aromatic carbocycles. The third-order valence-electron chi connectivity index (χ3n) is 3.51. The molecule has 0 saturated carbocycles. The van der Waals surface area contributed by atoms with Crippen LogP contribution in [0.3, 0.4) is 0 Å². The van der Waals surface area contributed by atoms with E-state index in [1.807, 2.05) is 12.1 Å². The maximum absolute atomic E-state index is 5.16. The molecule has 6 nitrogen and oxygen atoms in total. The van der Waals surface area contributed by atoms with Gasteiger partial charge in [-0.25, -0.2) is 9.97 Å². The van der Waals surface area contributed by atoms with E-state index < -0.39 is 0 Å². The summed E-state index contributed by atoms with van der Waals surface area (Å²) < 4.78 is 5.16. The Kier molecular flexibility index (Phi) is 3.41. The van der Waals surface area contributed by atoms with E-state index in [-0.39, 0.29) is 0 Å². The van der Waals surface area contributed by atoms with Crippen LogP contribution in [0.5, 0.6) is 5.88 Å². The van der Waals surface area contributed by atoms with Crippen LogP contribution in [0, 0.1) is 0 Å². The van der Waals surface area contributed by atoms with E-state index in [1.165, 1.54) is 12.0 Å². The molecule has 1 saturated heterocycles. The lowest BCUT2D eigenvalue weighted by atomic mass is 10.2. The van der Waals surface area contributed by atoms with Gasteiger partial charge in [-0.05, 0) is 31.0 Å². The summed E-state index contributed by atoms with van der Waals surface area (Å²) in [4.78, 5) is 10.8. The van der Waals surface area contributed by atoms with Crippen molar-refractivity contribution in [3.8, 4) is 5.88 Å². The first-order valence-corrected chi connectivity index (χ1v) is 6.45. The molecule has 0 bridgehead atoms. The van der Waals surface area contributed by atoms with Crippen molar-refractivity contribution in [1.82, 2.24) is 25.1 Å². The zero-order valence-electron chi connectivity index (χ0n) is 10.9. The Balaban J connectivity index is 1.74. The van der Waals surface area contributed by atoms with Gasteiger partial charge in [0.05, 0.1) is 13.2 Å². The minimum Gasteiger partial charge on any atom is -0.481 e. The van der Waals surface area contributed by atoms with Gasteiger partial charge in [0.1, 0.15) is 12.2 Å². The third-order valence-corrected chi connectivity index (χ3v) is 3.51. The Bertz CT molecular complexity index is 528. The third kappa shape index (κ3) is 2.58. The summed E-state index contributed by atoms with van der Waals surface area (Å²) in [5, 5.41) is 6.92. The Hall–Kier alpha value is -1.95. The molecule has 100 valence electrons. The lowest BCUT2D eigenvalue weighted by Crippen LogP contribution is -2.23. The van der Waals surface area contributed by atoms with Crippen LogP contribution in [0.1, 0.15) is 30.3 Å². The summed E-state index contributed by atoms with van der Waals surface area (Å²) in [6.07, 6.45) is 5.67. The van der Waals surface area contributed by atoms with E-state index in [2.05, 4.69) is 25.1 Å². The van der Waals surface area contributed by atoms with Crippen LogP contribution in [0.2, 0.25) is 0 Å². The molecule has 1 aliphatic heterocycles. The number of rotatable bonds is 4. The normalized spacial score (nSPS) is 19.7. The molecule has 0 unspecified atom stereocenters. The van der Waals surface area contributed by atoms with E-state index in [0.29, 0.717) is 11.9 Å². The molecule has 0 radical (unpaired) electrons. The topological polar surface area (TPSA) is 66.9 Å². The number of nitrogens with one attached hydrogen (secondary N) is 1. The van der Waals surface area contributed by atoms with Crippen molar-refractivity contribution in [3.63, 3.8) is 0 Å². The summed E-state index contributed by atoms with van der Waals surface area (Å²) in [7, 11) is 1.64. The number of hydrogen-bond donors (Lipinski definition) is 1. The van der Waals surface area contributed by atoms with Gasteiger partial charge in [-0.1, -0.05) is 0 Å². The van der Waals surface area contributed by atoms with Gasteiger partial charge >= 0.3 is 0 Å². The minimum atomic E-state index is 0.335. The number of methoxy groups -OCH3 is 1. The summed E-state index contributed by atoms with van der Waals surface area (Å²) in [6.45, 7) is 1.96. The second-order valence-corrected chi connectivity index (χ2v) is 4.71. The number of H-pyrrole nitrogens is 1. The van der Waals surface area contributed by atoms with Crippen molar-refractivity contribution in [1.29, 1.82) is 0 Å². The molecule has 6 heteroatoms. The van der Waals surface area contributed by atoms with Crippen LogP contribution in [0.15, 0.2) is 24.7 Å². The molecule has 1 aliphatic rings. The van der Waals surface area contributed by atoms with Gasteiger partial charge in [-0.2, -0.15) is 5.10 Å². The SMILES string of the molecule is COc1cc(CN2CCC[C@H]2c2ncn[nH]2)ccn1. The Morgan fingerprint density at radius 1 is 1.47 bits per heavy atom. The molecule has 2 aromatic heterocycles. The number of aromatic amines is 1. The largest absolute Gasteiger partial charge is 0.481 e. The van der Waals surface area contributed by atoms with Crippen molar-refractivity contribution in [2.75, 3.05) is 13.7 Å². The smallest absolute Gasteiger partial charge is 0.213 e. The summed E-state index contributed by atoms with van der Waals surface area (Å²) in [6, 6.07) is 4.34. The van der Waals surface area contributed by atoms with Gasteiger partial charge in [-0.15, -0.1) is 0 Å². The second-order valence-electron chi connectivity index (χ2n) is 4.71. The molecule has 3 heterocycles. The number of hydrogen-bond acceptors (Lipinski definition) is 5. The van der Waals surface area contributed by atoms with Crippen molar-refractivity contribution in [2.45, 2.75) is 25.4 Å². The fourth-order valence-corrected chi connectivity index (χ4v) is 2.60. The number of nitrogens with zero attached hydrogens (tertiary/aromatic N) is 4. The molecule has 0 amide bonds. The van der Waals surface area contributed by atoms with Crippen LogP contribution in [0.25, 0.3) is 0 Å². The van der Waals surface area contributed by atoms with Gasteiger partial charge in [0.25, 0.3) is 0 Å². The van der Waals surface area contributed by atoms with Crippen LogP contribution in [0.4, 0.5) is 0 Å². The fraction of sp³-hybridized carbons (Fsp3) is 0.462. The standard InChI is InChI=1S/C13H17N5O/c1-19-12-7-10(4-5-14-12)8-18-6-2-3-11(18)13-15-9-16-17-13/h4-5,7,9,11H,2-3,6,8H2,1H3,(H,15,16,17)/t11-/m0/s1. The molecule has 1 fully saturated rings. The van der Waals surface area contributed by atoms with E-state index in [4.69, 9.17) is 4.74 Å². The van der Waals surface area contributed by atoms with Crippen LogP contribution < -0.4 is 4.74 Å². The lowest BCUT2D eigenvalue weighted by molar-refractivity contribution is 0.239. The van der Waals surface area contributed by atoms with Crippen molar-refractivity contribution in [3.05, 3.63) is 36.0 Å². The van der Waals surface area contributed by atoms with E-state index >= 15 is 0 Å². The molecule has 0 aliphatic carbocycles. The number of likely N-dealkylation sites (tertiary alicyclic amines) is 1. The van der Waals surface area contributed by atoms with E-state index in [1.54, 1.807) is 19.6 Å². The lowest BCUT2D eigenvalue weighted by Gasteiger charge is -2.22. The monoisotopic (exact) mass is 259 g/mol. The van der Waals surface area contributed by atoms with Gasteiger partial charge in [0.15, 0.2) is 0 Å². The van der Waals surface area contributed by atoms with Gasteiger partial charge in [-0.3, -0.25) is 10.00 Å². The zero-order chi connectivity index (χ0) is 13.1. The first-order chi connectivity index (χ1) is 9.36. The zero-order valence-corrected chi connectivity index (χ0v) is 10.9. The highest BCUT2D eigenvalue weighted by molar-refractivity contribution is 5.20. The van der Waals surface area contributed by atoms with Crippen LogP contribution in [-0.4, -0.2) is 38.7 Å². The van der Waals surface area contributed by atoms with Crippen molar-refractivity contribution in [2.24, 2.45) is 0 Å². The number of ether oxygens (including phenoxy) is 1.